The third-order valence-corrected chi connectivity index (χ3v) is 6.91. The average Bonchev–Trinajstić information content (AvgIpc) is 2.75. The molecule has 0 bridgehead atoms. The number of anilines is 1. The van der Waals surface area contributed by atoms with Crippen molar-refractivity contribution in [2.75, 3.05) is 24.7 Å². The predicted octanol–water partition coefficient (Wildman–Crippen LogP) is 4.56. The van der Waals surface area contributed by atoms with Crippen LogP contribution in [0.5, 0.6) is 11.5 Å². The van der Waals surface area contributed by atoms with Gasteiger partial charge in [0.15, 0.2) is 6.10 Å². The molecule has 0 fully saturated rings. The fourth-order valence-corrected chi connectivity index (χ4v) is 4.11. The number of sulfonamides is 1. The smallest absolute Gasteiger partial charge is 0.261 e. The molecule has 8 heteroatoms. The average molecular weight is 477 g/mol. The molecular formula is C25H36N2O5S. The summed E-state index contributed by atoms with van der Waals surface area (Å²) in [7, 11) is -0.192. The van der Waals surface area contributed by atoms with Crippen molar-refractivity contribution in [2.24, 2.45) is 0 Å². The van der Waals surface area contributed by atoms with E-state index in [-0.39, 0.29) is 11.9 Å². The molecule has 2 aromatic rings. The minimum Gasteiger partial charge on any atom is -0.496 e. The van der Waals surface area contributed by atoms with Crippen molar-refractivity contribution in [3.63, 3.8) is 0 Å². The number of amides is 1. The highest BCUT2D eigenvalue weighted by atomic mass is 32.2. The molecule has 0 heterocycles. The van der Waals surface area contributed by atoms with Crippen LogP contribution in [-0.2, 0) is 14.8 Å². The van der Waals surface area contributed by atoms with Crippen LogP contribution in [0.2, 0.25) is 0 Å². The van der Waals surface area contributed by atoms with Gasteiger partial charge in [-0.05, 0) is 79.3 Å². The van der Waals surface area contributed by atoms with E-state index in [1.165, 1.54) is 11.4 Å². The Morgan fingerprint density at radius 2 is 1.70 bits per heavy atom. The van der Waals surface area contributed by atoms with E-state index in [1.54, 1.807) is 31.4 Å². The lowest BCUT2D eigenvalue weighted by Gasteiger charge is -2.24. The van der Waals surface area contributed by atoms with Gasteiger partial charge in [-0.1, -0.05) is 20.8 Å². The standard InChI is InChI=1S/C25H36N2O5S/c1-9-23(32-20-12-10-19(11-13-20)27(6)33(8,29)30)25(28)26-18(5)22-15-21(16(2)3)24(31-7)14-17(22)4/h10-16,18,23H,9H2,1-8H3,(H,26,28)/t18-,23+/m1/s1. The molecule has 0 radical (unpaired) electrons. The van der Waals surface area contributed by atoms with Gasteiger partial charge in [-0.15, -0.1) is 0 Å². The first-order valence-corrected chi connectivity index (χ1v) is 12.9. The zero-order chi connectivity index (χ0) is 24.9. The molecule has 0 aliphatic rings. The van der Waals surface area contributed by atoms with E-state index in [2.05, 4.69) is 25.2 Å². The van der Waals surface area contributed by atoms with Gasteiger partial charge in [0, 0.05) is 7.05 Å². The highest BCUT2D eigenvalue weighted by Gasteiger charge is 2.23. The van der Waals surface area contributed by atoms with E-state index < -0.39 is 16.1 Å². The Morgan fingerprint density at radius 3 is 2.18 bits per heavy atom. The predicted molar refractivity (Wildman–Crippen MR) is 133 cm³/mol. The number of benzene rings is 2. The first-order chi connectivity index (χ1) is 15.4. The van der Waals surface area contributed by atoms with Gasteiger partial charge in [0.1, 0.15) is 11.5 Å². The Morgan fingerprint density at radius 1 is 1.09 bits per heavy atom. The zero-order valence-electron chi connectivity index (χ0n) is 20.8. The third-order valence-electron chi connectivity index (χ3n) is 5.71. The summed E-state index contributed by atoms with van der Waals surface area (Å²) < 4.78 is 36.0. The van der Waals surface area contributed by atoms with E-state index in [0.717, 1.165) is 28.7 Å². The fourth-order valence-electron chi connectivity index (χ4n) is 3.61. The highest BCUT2D eigenvalue weighted by molar-refractivity contribution is 7.92. The van der Waals surface area contributed by atoms with Gasteiger partial charge < -0.3 is 14.8 Å². The van der Waals surface area contributed by atoms with E-state index >= 15 is 0 Å². The van der Waals surface area contributed by atoms with E-state index in [4.69, 9.17) is 9.47 Å². The van der Waals surface area contributed by atoms with Crippen molar-refractivity contribution in [3.05, 3.63) is 53.1 Å². The lowest BCUT2D eigenvalue weighted by Crippen LogP contribution is -2.39. The lowest BCUT2D eigenvalue weighted by atomic mass is 9.93. The van der Waals surface area contributed by atoms with E-state index in [9.17, 15) is 13.2 Å². The van der Waals surface area contributed by atoms with Crippen LogP contribution in [0.4, 0.5) is 5.69 Å². The van der Waals surface area contributed by atoms with Crippen molar-refractivity contribution in [1.29, 1.82) is 0 Å². The molecule has 33 heavy (non-hydrogen) atoms. The summed E-state index contributed by atoms with van der Waals surface area (Å²) in [4.78, 5) is 13.0. The molecule has 1 N–H and O–H groups in total. The van der Waals surface area contributed by atoms with Crippen molar-refractivity contribution >= 4 is 21.6 Å². The second-order valence-corrected chi connectivity index (χ2v) is 10.6. The number of rotatable bonds is 10. The number of hydrogen-bond donors (Lipinski definition) is 1. The first kappa shape index (κ1) is 26.5. The van der Waals surface area contributed by atoms with Gasteiger partial charge in [0.25, 0.3) is 5.91 Å². The summed E-state index contributed by atoms with van der Waals surface area (Å²) >= 11 is 0. The van der Waals surface area contributed by atoms with E-state index in [1.807, 2.05) is 26.8 Å². The summed E-state index contributed by atoms with van der Waals surface area (Å²) in [6.07, 6.45) is 0.960. The summed E-state index contributed by atoms with van der Waals surface area (Å²) in [5.74, 6) is 1.44. The number of ether oxygens (including phenoxy) is 2. The quantitative estimate of drug-likeness (QED) is 0.543. The molecule has 0 aliphatic heterocycles. The summed E-state index contributed by atoms with van der Waals surface area (Å²) in [5.41, 5.74) is 3.70. The SMILES string of the molecule is CC[C@H](Oc1ccc(N(C)S(C)(=O)=O)cc1)C(=O)N[C@H](C)c1cc(C(C)C)c(OC)cc1C. The molecule has 0 saturated carbocycles. The molecular weight excluding hydrogens is 440 g/mol. The van der Waals surface area contributed by atoms with Crippen LogP contribution in [0.15, 0.2) is 36.4 Å². The molecule has 7 nitrogen and oxygen atoms in total. The summed E-state index contributed by atoms with van der Waals surface area (Å²) in [6, 6.07) is 10.5. The summed E-state index contributed by atoms with van der Waals surface area (Å²) in [5, 5.41) is 3.07. The molecule has 2 atom stereocenters. The van der Waals surface area contributed by atoms with Crippen LogP contribution < -0.4 is 19.1 Å². The molecule has 2 rings (SSSR count). The Balaban J connectivity index is 2.14. The maximum absolute atomic E-state index is 13.0. The zero-order valence-corrected chi connectivity index (χ0v) is 21.6. The summed E-state index contributed by atoms with van der Waals surface area (Å²) in [6.45, 7) is 10.1. The van der Waals surface area contributed by atoms with Gasteiger partial charge in [-0.25, -0.2) is 8.42 Å². The molecule has 182 valence electrons. The number of hydrogen-bond acceptors (Lipinski definition) is 5. The normalized spacial score (nSPS) is 13.4. The van der Waals surface area contributed by atoms with Gasteiger partial charge >= 0.3 is 0 Å². The molecule has 0 aromatic heterocycles. The molecule has 1 amide bonds. The minimum absolute atomic E-state index is 0.204. The van der Waals surface area contributed by atoms with Gasteiger partial charge in [-0.3, -0.25) is 9.10 Å². The largest absolute Gasteiger partial charge is 0.496 e. The van der Waals surface area contributed by atoms with Crippen molar-refractivity contribution in [2.45, 2.75) is 59.1 Å². The lowest BCUT2D eigenvalue weighted by molar-refractivity contribution is -0.128. The fraction of sp³-hybridized carbons (Fsp3) is 0.480. The number of aryl methyl sites for hydroxylation is 1. The third kappa shape index (κ3) is 6.63. The Bertz CT molecular complexity index is 1060. The van der Waals surface area contributed by atoms with E-state index in [0.29, 0.717) is 23.8 Å². The first-order valence-electron chi connectivity index (χ1n) is 11.1. The number of nitrogens with zero attached hydrogens (tertiary/aromatic N) is 1. The second kappa shape index (κ2) is 10.9. The number of carbonyl (C=O) groups is 1. The van der Waals surface area contributed by atoms with Gasteiger partial charge in [-0.2, -0.15) is 0 Å². The van der Waals surface area contributed by atoms with Crippen LogP contribution in [0.1, 0.15) is 62.8 Å². The number of nitrogens with one attached hydrogen (secondary N) is 1. The Hall–Kier alpha value is -2.74. The van der Waals surface area contributed by atoms with Crippen molar-refractivity contribution < 1.29 is 22.7 Å². The molecule has 0 spiro atoms. The van der Waals surface area contributed by atoms with Gasteiger partial charge in [0.2, 0.25) is 10.0 Å². The number of methoxy groups -OCH3 is 1. The number of carbonyl (C=O) groups excluding carboxylic acids is 1. The Labute approximate surface area is 198 Å². The minimum atomic E-state index is -3.35. The van der Waals surface area contributed by atoms with Crippen molar-refractivity contribution in [3.8, 4) is 11.5 Å². The maximum Gasteiger partial charge on any atom is 0.261 e. The topological polar surface area (TPSA) is 84.9 Å². The molecule has 0 saturated heterocycles. The second-order valence-electron chi connectivity index (χ2n) is 8.57. The monoisotopic (exact) mass is 476 g/mol. The highest BCUT2D eigenvalue weighted by Crippen LogP contribution is 2.32. The van der Waals surface area contributed by atoms with Crippen LogP contribution >= 0.6 is 0 Å². The molecule has 2 aromatic carbocycles. The van der Waals surface area contributed by atoms with Crippen LogP contribution in [-0.4, -0.2) is 40.8 Å². The van der Waals surface area contributed by atoms with Crippen LogP contribution in [0, 0.1) is 6.92 Å². The molecule has 0 aliphatic carbocycles. The van der Waals surface area contributed by atoms with Crippen LogP contribution in [0.3, 0.4) is 0 Å². The van der Waals surface area contributed by atoms with Crippen molar-refractivity contribution in [1.82, 2.24) is 5.32 Å². The maximum atomic E-state index is 13.0. The van der Waals surface area contributed by atoms with Crippen LogP contribution in [0.25, 0.3) is 0 Å². The molecule has 0 unspecified atom stereocenters. The van der Waals surface area contributed by atoms with Gasteiger partial charge in [0.05, 0.1) is 25.1 Å². The Kier molecular flexibility index (Phi) is 8.77.